The molecule has 0 atom stereocenters. The minimum atomic E-state index is -3.61. The third kappa shape index (κ3) is 4.76. The zero-order valence-electron chi connectivity index (χ0n) is 17.7. The van der Waals surface area contributed by atoms with Gasteiger partial charge in [0.15, 0.2) is 5.82 Å². The lowest BCUT2D eigenvalue weighted by Crippen LogP contribution is -2.49. The van der Waals surface area contributed by atoms with Gasteiger partial charge in [-0.25, -0.2) is 8.42 Å². The quantitative estimate of drug-likeness (QED) is 0.612. The summed E-state index contributed by atoms with van der Waals surface area (Å²) >= 11 is 0. The van der Waals surface area contributed by atoms with E-state index in [0.29, 0.717) is 44.1 Å². The van der Waals surface area contributed by atoms with Crippen molar-refractivity contribution in [1.82, 2.24) is 19.5 Å². The molecule has 0 spiro atoms. The summed E-state index contributed by atoms with van der Waals surface area (Å²) in [6, 6.07) is 13.8. The van der Waals surface area contributed by atoms with Crippen molar-refractivity contribution in [2.24, 2.45) is 0 Å². The Kier molecular flexibility index (Phi) is 6.42. The number of rotatable bonds is 6. The molecular weight excluding hydrogens is 428 g/mol. The minimum Gasteiger partial charge on any atom is -0.352 e. The van der Waals surface area contributed by atoms with Crippen LogP contribution in [0, 0.1) is 0 Å². The predicted octanol–water partition coefficient (Wildman–Crippen LogP) is 2.40. The third-order valence-electron chi connectivity index (χ3n) is 5.27. The van der Waals surface area contributed by atoms with Crippen LogP contribution in [0.15, 0.2) is 65.8 Å². The van der Waals surface area contributed by atoms with Crippen LogP contribution >= 0.6 is 0 Å². The largest absolute Gasteiger partial charge is 0.352 e. The first-order chi connectivity index (χ1) is 15.5. The fourth-order valence-electron chi connectivity index (χ4n) is 3.43. The normalized spacial score (nSPS) is 14.8. The molecule has 0 saturated carbocycles. The molecule has 9 nitrogen and oxygen atoms in total. The number of piperazine rings is 1. The molecular formula is C22H24N6O3S. The molecule has 0 unspecified atom stereocenters. The van der Waals surface area contributed by atoms with Gasteiger partial charge >= 0.3 is 0 Å². The van der Waals surface area contributed by atoms with E-state index < -0.39 is 10.0 Å². The maximum absolute atomic E-state index is 13.0. The number of pyridine rings is 1. The SMILES string of the molecule is CCC(=O)Nc1ccc(S(=O)(=O)N2CCN(c3ccc(-c4cccnc4)nn3)CC2)cc1. The zero-order valence-corrected chi connectivity index (χ0v) is 18.5. The van der Waals surface area contributed by atoms with Crippen molar-refractivity contribution in [2.75, 3.05) is 36.4 Å². The van der Waals surface area contributed by atoms with Crippen molar-refractivity contribution < 1.29 is 13.2 Å². The van der Waals surface area contributed by atoms with Gasteiger partial charge in [-0.2, -0.15) is 4.31 Å². The number of hydrogen-bond donors (Lipinski definition) is 1. The van der Waals surface area contributed by atoms with E-state index in [0.717, 1.165) is 11.3 Å². The van der Waals surface area contributed by atoms with Crippen LogP contribution in [0.4, 0.5) is 11.5 Å². The number of sulfonamides is 1. The van der Waals surface area contributed by atoms with Crippen molar-refractivity contribution in [2.45, 2.75) is 18.2 Å². The Bertz CT molecular complexity index is 1160. The molecule has 3 aromatic rings. The second-order valence-corrected chi connectivity index (χ2v) is 9.27. The lowest BCUT2D eigenvalue weighted by atomic mass is 10.2. The Morgan fingerprint density at radius 3 is 2.34 bits per heavy atom. The van der Waals surface area contributed by atoms with Crippen molar-refractivity contribution in [3.05, 3.63) is 60.9 Å². The molecule has 10 heteroatoms. The number of hydrogen-bond acceptors (Lipinski definition) is 7. The van der Waals surface area contributed by atoms with Gasteiger partial charge in [-0.3, -0.25) is 9.78 Å². The molecule has 0 aliphatic carbocycles. The molecule has 1 saturated heterocycles. The van der Waals surface area contributed by atoms with E-state index in [1.807, 2.05) is 29.2 Å². The summed E-state index contributed by atoms with van der Waals surface area (Å²) in [7, 11) is -3.61. The Balaban J connectivity index is 1.39. The highest BCUT2D eigenvalue weighted by Crippen LogP contribution is 2.22. The van der Waals surface area contributed by atoms with Crippen LogP contribution in [0.2, 0.25) is 0 Å². The van der Waals surface area contributed by atoms with E-state index in [4.69, 9.17) is 0 Å². The first-order valence-electron chi connectivity index (χ1n) is 10.4. The average Bonchev–Trinajstić information content (AvgIpc) is 2.85. The summed E-state index contributed by atoms with van der Waals surface area (Å²) < 4.78 is 27.5. The Hall–Kier alpha value is -3.37. The van der Waals surface area contributed by atoms with Gasteiger partial charge < -0.3 is 10.2 Å². The highest BCUT2D eigenvalue weighted by molar-refractivity contribution is 7.89. The van der Waals surface area contributed by atoms with Gasteiger partial charge in [-0.1, -0.05) is 6.92 Å². The topological polar surface area (TPSA) is 108 Å². The van der Waals surface area contributed by atoms with E-state index in [-0.39, 0.29) is 10.8 Å². The molecule has 1 aromatic carbocycles. The third-order valence-corrected chi connectivity index (χ3v) is 7.18. The van der Waals surface area contributed by atoms with E-state index in [9.17, 15) is 13.2 Å². The molecule has 1 N–H and O–H groups in total. The van der Waals surface area contributed by atoms with Crippen LogP contribution in [0.5, 0.6) is 0 Å². The number of benzene rings is 1. The van der Waals surface area contributed by atoms with Crippen molar-refractivity contribution in [3.63, 3.8) is 0 Å². The number of nitrogens with one attached hydrogen (secondary N) is 1. The Labute approximate surface area is 187 Å². The summed E-state index contributed by atoms with van der Waals surface area (Å²) in [5.74, 6) is 0.596. The van der Waals surface area contributed by atoms with Gasteiger partial charge in [0.2, 0.25) is 15.9 Å². The molecule has 0 radical (unpaired) electrons. The smallest absolute Gasteiger partial charge is 0.243 e. The average molecular weight is 453 g/mol. The molecule has 1 amide bonds. The Morgan fingerprint density at radius 1 is 1.00 bits per heavy atom. The lowest BCUT2D eigenvalue weighted by molar-refractivity contribution is -0.115. The maximum atomic E-state index is 13.0. The van der Waals surface area contributed by atoms with E-state index in [1.54, 1.807) is 31.5 Å². The van der Waals surface area contributed by atoms with Gasteiger partial charge in [-0.05, 0) is 48.5 Å². The van der Waals surface area contributed by atoms with Crippen LogP contribution in [0.3, 0.4) is 0 Å². The molecule has 166 valence electrons. The summed E-state index contributed by atoms with van der Waals surface area (Å²) in [6.07, 6.45) is 3.80. The van der Waals surface area contributed by atoms with Crippen LogP contribution in [-0.2, 0) is 14.8 Å². The number of aromatic nitrogens is 3. The molecule has 3 heterocycles. The van der Waals surface area contributed by atoms with Gasteiger partial charge in [-0.15, -0.1) is 10.2 Å². The second-order valence-electron chi connectivity index (χ2n) is 7.34. The van der Waals surface area contributed by atoms with Crippen LogP contribution in [0.25, 0.3) is 11.3 Å². The summed E-state index contributed by atoms with van der Waals surface area (Å²) in [4.78, 5) is 17.8. The van der Waals surface area contributed by atoms with Gasteiger partial charge in [0.05, 0.1) is 10.6 Å². The van der Waals surface area contributed by atoms with Crippen molar-refractivity contribution in [3.8, 4) is 11.3 Å². The molecule has 0 bridgehead atoms. The molecule has 2 aromatic heterocycles. The number of carbonyl (C=O) groups is 1. The summed E-state index contributed by atoms with van der Waals surface area (Å²) in [6.45, 7) is 3.50. The molecule has 1 fully saturated rings. The zero-order chi connectivity index (χ0) is 22.6. The molecule has 32 heavy (non-hydrogen) atoms. The van der Waals surface area contributed by atoms with Crippen molar-refractivity contribution >= 4 is 27.4 Å². The van der Waals surface area contributed by atoms with Gasteiger partial charge in [0.25, 0.3) is 0 Å². The summed E-state index contributed by atoms with van der Waals surface area (Å²) in [5, 5.41) is 11.3. The molecule has 4 rings (SSSR count). The maximum Gasteiger partial charge on any atom is 0.243 e. The molecule has 1 aliphatic rings. The second kappa shape index (κ2) is 9.41. The van der Waals surface area contributed by atoms with E-state index in [2.05, 4.69) is 20.5 Å². The van der Waals surface area contributed by atoms with Gasteiger partial charge in [0.1, 0.15) is 0 Å². The fraction of sp³-hybridized carbons (Fsp3) is 0.273. The van der Waals surface area contributed by atoms with Crippen molar-refractivity contribution in [1.29, 1.82) is 0 Å². The number of anilines is 2. The lowest BCUT2D eigenvalue weighted by Gasteiger charge is -2.34. The Morgan fingerprint density at radius 2 is 1.75 bits per heavy atom. The van der Waals surface area contributed by atoms with Crippen LogP contribution < -0.4 is 10.2 Å². The fourth-order valence-corrected chi connectivity index (χ4v) is 4.85. The highest BCUT2D eigenvalue weighted by atomic mass is 32.2. The van der Waals surface area contributed by atoms with Crippen LogP contribution in [0.1, 0.15) is 13.3 Å². The molecule has 1 aliphatic heterocycles. The monoisotopic (exact) mass is 452 g/mol. The number of amides is 1. The number of nitrogens with zero attached hydrogens (tertiary/aromatic N) is 5. The first kappa shape index (κ1) is 21.8. The number of carbonyl (C=O) groups excluding carboxylic acids is 1. The highest BCUT2D eigenvalue weighted by Gasteiger charge is 2.29. The van der Waals surface area contributed by atoms with E-state index in [1.165, 1.54) is 16.4 Å². The minimum absolute atomic E-state index is 0.117. The van der Waals surface area contributed by atoms with Crippen LogP contribution in [-0.4, -0.2) is 60.0 Å². The van der Waals surface area contributed by atoms with Gasteiger partial charge in [0, 0.05) is 56.2 Å². The predicted molar refractivity (Wildman–Crippen MR) is 122 cm³/mol. The standard InChI is InChI=1S/C22H24N6O3S/c1-2-22(29)24-18-5-7-19(8-6-18)32(30,31)28-14-12-27(13-15-28)21-10-9-20(25-26-21)17-4-3-11-23-16-17/h3-11,16H,2,12-15H2,1H3,(H,24,29). The first-order valence-corrected chi connectivity index (χ1v) is 11.8. The van der Waals surface area contributed by atoms with E-state index >= 15 is 0 Å². The summed E-state index contributed by atoms with van der Waals surface area (Å²) in [5.41, 5.74) is 2.21.